The van der Waals surface area contributed by atoms with Crippen LogP contribution < -0.4 is 5.19 Å². The third kappa shape index (κ3) is 3.45. The van der Waals surface area contributed by atoms with E-state index in [0.717, 1.165) is 13.0 Å². The minimum atomic E-state index is -1.42. The van der Waals surface area contributed by atoms with Crippen molar-refractivity contribution in [1.29, 1.82) is 0 Å². The van der Waals surface area contributed by atoms with Crippen LogP contribution in [0.1, 0.15) is 12.8 Å². The number of nitrogens with zero attached hydrogens (tertiary/aromatic N) is 1. The summed E-state index contributed by atoms with van der Waals surface area (Å²) in [5.74, 6) is 0.692. The molecular formula is C15H23NO2Si. The van der Waals surface area contributed by atoms with Crippen LogP contribution in [0.5, 0.6) is 0 Å². The first-order chi connectivity index (χ1) is 9.03. The fraction of sp³-hybridized carbons (Fsp3) is 0.533. The molecule has 1 heterocycles. The Morgan fingerprint density at radius 1 is 1.32 bits per heavy atom. The van der Waals surface area contributed by atoms with Gasteiger partial charge in [0.2, 0.25) is 5.91 Å². The van der Waals surface area contributed by atoms with E-state index in [1.165, 1.54) is 16.3 Å². The average molecular weight is 277 g/mol. The Labute approximate surface area is 116 Å². The van der Waals surface area contributed by atoms with E-state index in [2.05, 4.69) is 43.4 Å². The third-order valence-corrected chi connectivity index (χ3v) is 7.54. The summed E-state index contributed by atoms with van der Waals surface area (Å²) >= 11 is 0. The topological polar surface area (TPSA) is 29.5 Å². The Hall–Kier alpha value is -1.13. The Morgan fingerprint density at radius 3 is 2.63 bits per heavy atom. The quantitative estimate of drug-likeness (QED) is 0.791. The van der Waals surface area contributed by atoms with Gasteiger partial charge in [0.25, 0.3) is 0 Å². The van der Waals surface area contributed by atoms with Crippen LogP contribution >= 0.6 is 0 Å². The van der Waals surface area contributed by atoms with Crippen molar-refractivity contribution in [2.24, 2.45) is 5.92 Å². The molecule has 1 fully saturated rings. The van der Waals surface area contributed by atoms with Gasteiger partial charge in [-0.15, -0.1) is 0 Å². The molecule has 1 saturated heterocycles. The predicted molar refractivity (Wildman–Crippen MR) is 79.8 cm³/mol. The number of hydrogen-bond acceptors (Lipinski definition) is 2. The summed E-state index contributed by atoms with van der Waals surface area (Å²) in [7, 11) is 0.159. The molecule has 1 unspecified atom stereocenters. The van der Waals surface area contributed by atoms with Crippen molar-refractivity contribution < 1.29 is 9.63 Å². The molecule has 1 aliphatic rings. The first kappa shape index (κ1) is 14.3. The van der Waals surface area contributed by atoms with Crippen LogP contribution in [0.15, 0.2) is 30.3 Å². The van der Waals surface area contributed by atoms with Crippen LogP contribution in [0.25, 0.3) is 0 Å². The molecule has 0 aliphatic carbocycles. The van der Waals surface area contributed by atoms with Gasteiger partial charge in [0.1, 0.15) is 0 Å². The van der Waals surface area contributed by atoms with Crippen molar-refractivity contribution in [2.75, 3.05) is 13.7 Å². The molecule has 0 spiro atoms. The molecule has 1 aliphatic heterocycles. The lowest BCUT2D eigenvalue weighted by Crippen LogP contribution is -2.47. The zero-order valence-corrected chi connectivity index (χ0v) is 13.1. The number of rotatable bonds is 4. The summed E-state index contributed by atoms with van der Waals surface area (Å²) in [6.07, 6.45) is 1.62. The number of benzene rings is 1. The van der Waals surface area contributed by atoms with Gasteiger partial charge in [-0.3, -0.25) is 9.63 Å². The van der Waals surface area contributed by atoms with E-state index < -0.39 is 8.07 Å². The van der Waals surface area contributed by atoms with Crippen molar-refractivity contribution in [2.45, 2.75) is 32.0 Å². The lowest BCUT2D eigenvalue weighted by atomic mass is 10.0. The number of amides is 1. The van der Waals surface area contributed by atoms with Crippen LogP contribution in [-0.4, -0.2) is 32.7 Å². The molecule has 2 rings (SSSR count). The van der Waals surface area contributed by atoms with E-state index >= 15 is 0 Å². The average Bonchev–Trinajstić information content (AvgIpc) is 2.42. The minimum absolute atomic E-state index is 0.123. The second-order valence-corrected chi connectivity index (χ2v) is 10.7. The molecular weight excluding hydrogens is 254 g/mol. The van der Waals surface area contributed by atoms with E-state index in [1.807, 2.05) is 0 Å². The molecule has 0 bridgehead atoms. The number of piperidine rings is 1. The van der Waals surface area contributed by atoms with Crippen molar-refractivity contribution in [1.82, 2.24) is 5.06 Å². The van der Waals surface area contributed by atoms with Crippen molar-refractivity contribution >= 4 is 19.2 Å². The lowest BCUT2D eigenvalue weighted by molar-refractivity contribution is -0.184. The van der Waals surface area contributed by atoms with Gasteiger partial charge in [0.15, 0.2) is 0 Å². The highest BCUT2D eigenvalue weighted by Gasteiger charge is 2.32. The molecule has 0 saturated carbocycles. The smallest absolute Gasteiger partial charge is 0.246 e. The first-order valence-corrected chi connectivity index (χ1v) is 10.1. The van der Waals surface area contributed by atoms with Crippen LogP contribution in [0.3, 0.4) is 0 Å². The summed E-state index contributed by atoms with van der Waals surface area (Å²) in [6.45, 7) is 5.57. The largest absolute Gasteiger partial charge is 0.274 e. The van der Waals surface area contributed by atoms with Crippen molar-refractivity contribution in [3.63, 3.8) is 0 Å². The number of hydrogen-bond donors (Lipinski definition) is 0. The molecule has 1 amide bonds. The standard InChI is InChI=1S/C15H23NO2Si/c1-18-16-11-13(9-10-15(16)17)12-19(2,3)14-7-5-4-6-8-14/h4-8,13H,9-12H2,1-3H3. The summed E-state index contributed by atoms with van der Waals surface area (Å²) in [6, 6.07) is 12.0. The highest BCUT2D eigenvalue weighted by molar-refractivity contribution is 6.89. The highest BCUT2D eigenvalue weighted by Crippen LogP contribution is 2.26. The minimum Gasteiger partial charge on any atom is -0.274 e. The third-order valence-electron chi connectivity index (χ3n) is 4.04. The van der Waals surface area contributed by atoms with Crippen molar-refractivity contribution in [3.05, 3.63) is 30.3 Å². The van der Waals surface area contributed by atoms with Gasteiger partial charge in [-0.1, -0.05) is 48.6 Å². The maximum atomic E-state index is 11.6. The van der Waals surface area contributed by atoms with Gasteiger partial charge in [0, 0.05) is 6.42 Å². The Bertz CT molecular complexity index is 433. The van der Waals surface area contributed by atoms with Crippen LogP contribution in [-0.2, 0) is 9.63 Å². The monoisotopic (exact) mass is 277 g/mol. The molecule has 1 aromatic rings. The van der Waals surface area contributed by atoms with E-state index in [0.29, 0.717) is 12.3 Å². The SMILES string of the molecule is CON1CC(C[Si](C)(C)c2ccccc2)CCC1=O. The molecule has 0 N–H and O–H groups in total. The highest BCUT2D eigenvalue weighted by atomic mass is 28.3. The van der Waals surface area contributed by atoms with Crippen LogP contribution in [0.4, 0.5) is 0 Å². The predicted octanol–water partition coefficient (Wildman–Crippen LogP) is 2.40. The number of carbonyl (C=O) groups is 1. The van der Waals surface area contributed by atoms with E-state index in [9.17, 15) is 4.79 Å². The van der Waals surface area contributed by atoms with Gasteiger partial charge < -0.3 is 0 Å². The van der Waals surface area contributed by atoms with E-state index in [4.69, 9.17) is 4.84 Å². The Morgan fingerprint density at radius 2 is 2.00 bits per heavy atom. The van der Waals surface area contributed by atoms with Crippen LogP contribution in [0, 0.1) is 5.92 Å². The Balaban J connectivity index is 2.02. The first-order valence-electron chi connectivity index (χ1n) is 6.93. The van der Waals surface area contributed by atoms with Crippen LogP contribution in [0.2, 0.25) is 19.1 Å². The van der Waals surface area contributed by atoms with Crippen molar-refractivity contribution in [3.8, 4) is 0 Å². The molecule has 19 heavy (non-hydrogen) atoms. The van der Waals surface area contributed by atoms with Gasteiger partial charge >= 0.3 is 0 Å². The second kappa shape index (κ2) is 5.88. The number of carbonyl (C=O) groups excluding carboxylic acids is 1. The van der Waals surface area contributed by atoms with E-state index in [1.54, 1.807) is 7.11 Å². The molecule has 0 aromatic heterocycles. The maximum absolute atomic E-state index is 11.6. The molecule has 104 valence electrons. The Kier molecular flexibility index (Phi) is 4.42. The molecule has 1 aromatic carbocycles. The fourth-order valence-electron chi connectivity index (χ4n) is 2.95. The molecule has 4 heteroatoms. The van der Waals surface area contributed by atoms with Gasteiger partial charge in [0.05, 0.1) is 21.7 Å². The maximum Gasteiger partial charge on any atom is 0.246 e. The summed E-state index contributed by atoms with van der Waals surface area (Å²) < 4.78 is 0. The molecule has 1 atom stereocenters. The van der Waals surface area contributed by atoms with Gasteiger partial charge in [-0.05, 0) is 18.4 Å². The molecule has 0 radical (unpaired) electrons. The number of hydroxylamine groups is 2. The van der Waals surface area contributed by atoms with Gasteiger partial charge in [-0.25, -0.2) is 5.06 Å². The summed E-state index contributed by atoms with van der Waals surface area (Å²) in [5.41, 5.74) is 0. The summed E-state index contributed by atoms with van der Waals surface area (Å²) in [5, 5.41) is 3.03. The van der Waals surface area contributed by atoms with E-state index in [-0.39, 0.29) is 5.91 Å². The lowest BCUT2D eigenvalue weighted by Gasteiger charge is -2.34. The normalized spacial score (nSPS) is 20.7. The zero-order chi connectivity index (χ0) is 13.9. The molecule has 3 nitrogen and oxygen atoms in total. The zero-order valence-electron chi connectivity index (χ0n) is 12.1. The van der Waals surface area contributed by atoms with Gasteiger partial charge in [-0.2, -0.15) is 0 Å². The fourth-order valence-corrected chi connectivity index (χ4v) is 6.06. The summed E-state index contributed by atoms with van der Waals surface area (Å²) in [4.78, 5) is 16.8. The second-order valence-electron chi connectivity index (χ2n) is 6.00.